The zero-order valence-electron chi connectivity index (χ0n) is 14.9. The van der Waals surface area contributed by atoms with Crippen LogP contribution in [0.2, 0.25) is 0 Å². The number of nitrogens with one attached hydrogen (secondary N) is 2. The van der Waals surface area contributed by atoms with E-state index in [0.717, 1.165) is 58.1 Å². The van der Waals surface area contributed by atoms with E-state index < -0.39 is 0 Å². The molecule has 0 bridgehead atoms. The highest BCUT2D eigenvalue weighted by Crippen LogP contribution is 2.23. The molecule has 0 aromatic heterocycles. The predicted octanol–water partition coefficient (Wildman–Crippen LogP) is 1.08. The number of ether oxygens (including phenoxy) is 2. The van der Waals surface area contributed by atoms with Gasteiger partial charge in [0, 0.05) is 39.9 Å². The molecule has 1 aliphatic heterocycles. The zero-order valence-corrected chi connectivity index (χ0v) is 14.9. The fourth-order valence-electron chi connectivity index (χ4n) is 2.56. The molecule has 1 aliphatic rings. The van der Waals surface area contributed by atoms with Crippen molar-refractivity contribution in [3.8, 4) is 0 Å². The molecule has 130 valence electrons. The van der Waals surface area contributed by atoms with Crippen LogP contribution in [0.4, 0.5) is 0 Å². The molecule has 6 heteroatoms. The lowest BCUT2D eigenvalue weighted by Gasteiger charge is -2.26. The molecule has 1 rings (SSSR count). The van der Waals surface area contributed by atoms with Gasteiger partial charge < -0.3 is 25.0 Å². The number of nitrogens with zero attached hydrogens (tertiary/aromatic N) is 2. The van der Waals surface area contributed by atoms with Crippen molar-refractivity contribution in [1.82, 2.24) is 15.5 Å². The highest BCUT2D eigenvalue weighted by molar-refractivity contribution is 5.79. The van der Waals surface area contributed by atoms with Gasteiger partial charge in [-0.05, 0) is 47.2 Å². The van der Waals surface area contributed by atoms with Crippen molar-refractivity contribution in [3.05, 3.63) is 0 Å². The summed E-state index contributed by atoms with van der Waals surface area (Å²) in [4.78, 5) is 6.46. The minimum Gasteiger partial charge on any atom is -0.377 e. The van der Waals surface area contributed by atoms with Crippen LogP contribution in [0.25, 0.3) is 0 Å². The minimum atomic E-state index is -0.0676. The standard InChI is InChI=1S/C16H34N4O2/c1-6-21-14(8-10-20(4)5)12-18-15(17-3)19-13-16(2)9-7-11-22-16/h14H,6-13H2,1-5H3,(H2,17,18,19). The van der Waals surface area contributed by atoms with E-state index in [-0.39, 0.29) is 11.7 Å². The van der Waals surface area contributed by atoms with E-state index in [4.69, 9.17) is 9.47 Å². The van der Waals surface area contributed by atoms with Gasteiger partial charge in [0.05, 0.1) is 11.7 Å². The molecule has 6 nitrogen and oxygen atoms in total. The largest absolute Gasteiger partial charge is 0.377 e. The maximum absolute atomic E-state index is 5.79. The highest BCUT2D eigenvalue weighted by atomic mass is 16.5. The van der Waals surface area contributed by atoms with Crippen LogP contribution < -0.4 is 10.6 Å². The van der Waals surface area contributed by atoms with E-state index in [1.165, 1.54) is 0 Å². The van der Waals surface area contributed by atoms with Crippen LogP contribution in [0.15, 0.2) is 4.99 Å². The molecule has 0 aliphatic carbocycles. The zero-order chi connectivity index (χ0) is 16.4. The quantitative estimate of drug-likeness (QED) is 0.493. The summed E-state index contributed by atoms with van der Waals surface area (Å²) in [6, 6.07) is 0. The second kappa shape index (κ2) is 10.0. The lowest BCUT2D eigenvalue weighted by molar-refractivity contribution is 0.0241. The van der Waals surface area contributed by atoms with Gasteiger partial charge in [-0.1, -0.05) is 0 Å². The molecular weight excluding hydrogens is 280 g/mol. The summed E-state index contributed by atoms with van der Waals surface area (Å²) < 4.78 is 11.6. The summed E-state index contributed by atoms with van der Waals surface area (Å²) in [7, 11) is 5.96. The van der Waals surface area contributed by atoms with Crippen LogP contribution >= 0.6 is 0 Å². The molecule has 0 aromatic carbocycles. The molecule has 0 amide bonds. The minimum absolute atomic E-state index is 0.0676. The normalized spacial score (nSPS) is 23.8. The molecule has 0 radical (unpaired) electrons. The van der Waals surface area contributed by atoms with Crippen LogP contribution in [0.3, 0.4) is 0 Å². The molecule has 2 unspecified atom stereocenters. The summed E-state index contributed by atoms with van der Waals surface area (Å²) in [5.74, 6) is 0.811. The Hall–Kier alpha value is -0.850. The van der Waals surface area contributed by atoms with E-state index in [1.54, 1.807) is 7.05 Å². The molecule has 1 saturated heterocycles. The summed E-state index contributed by atoms with van der Waals surface area (Å²) in [6.07, 6.45) is 3.44. The van der Waals surface area contributed by atoms with Crippen LogP contribution in [0.1, 0.15) is 33.1 Å². The Labute approximate surface area is 135 Å². The third-order valence-corrected chi connectivity index (χ3v) is 3.95. The van der Waals surface area contributed by atoms with Crippen molar-refractivity contribution in [2.24, 2.45) is 4.99 Å². The molecule has 2 atom stereocenters. The third-order valence-electron chi connectivity index (χ3n) is 3.95. The van der Waals surface area contributed by atoms with Gasteiger partial charge in [0.15, 0.2) is 5.96 Å². The van der Waals surface area contributed by atoms with Crippen LogP contribution in [-0.4, -0.2) is 76.6 Å². The van der Waals surface area contributed by atoms with Gasteiger partial charge in [-0.25, -0.2) is 0 Å². The van der Waals surface area contributed by atoms with Crippen molar-refractivity contribution in [3.63, 3.8) is 0 Å². The Morgan fingerprint density at radius 1 is 1.41 bits per heavy atom. The Bertz CT molecular complexity index is 328. The molecule has 22 heavy (non-hydrogen) atoms. The first-order valence-electron chi connectivity index (χ1n) is 8.34. The fraction of sp³-hybridized carbons (Fsp3) is 0.938. The number of rotatable bonds is 9. The Balaban J connectivity index is 2.33. The third kappa shape index (κ3) is 7.42. The van der Waals surface area contributed by atoms with Crippen LogP contribution in [-0.2, 0) is 9.47 Å². The predicted molar refractivity (Wildman–Crippen MR) is 91.5 cm³/mol. The van der Waals surface area contributed by atoms with Gasteiger partial charge in [-0.15, -0.1) is 0 Å². The molecule has 0 saturated carbocycles. The maximum Gasteiger partial charge on any atom is 0.191 e. The van der Waals surface area contributed by atoms with E-state index in [0.29, 0.717) is 0 Å². The van der Waals surface area contributed by atoms with Gasteiger partial charge >= 0.3 is 0 Å². The summed E-state index contributed by atoms with van der Waals surface area (Å²) in [5.41, 5.74) is -0.0676. The fourth-order valence-corrected chi connectivity index (χ4v) is 2.56. The molecule has 0 aromatic rings. The van der Waals surface area contributed by atoms with Gasteiger partial charge in [0.25, 0.3) is 0 Å². The highest BCUT2D eigenvalue weighted by Gasteiger charge is 2.29. The molecule has 0 spiro atoms. The monoisotopic (exact) mass is 314 g/mol. The van der Waals surface area contributed by atoms with Crippen molar-refractivity contribution in [2.75, 3.05) is 54.0 Å². The van der Waals surface area contributed by atoms with Crippen LogP contribution in [0, 0.1) is 0 Å². The topological polar surface area (TPSA) is 58.1 Å². The average molecular weight is 314 g/mol. The second-order valence-corrected chi connectivity index (χ2v) is 6.38. The van der Waals surface area contributed by atoms with Gasteiger partial charge in [-0.2, -0.15) is 0 Å². The Morgan fingerprint density at radius 2 is 2.18 bits per heavy atom. The molecule has 1 heterocycles. The first kappa shape index (κ1) is 19.2. The average Bonchev–Trinajstić information content (AvgIpc) is 2.91. The van der Waals surface area contributed by atoms with Crippen molar-refractivity contribution in [2.45, 2.75) is 44.8 Å². The number of hydrogen-bond acceptors (Lipinski definition) is 4. The van der Waals surface area contributed by atoms with Gasteiger partial charge in [-0.3, -0.25) is 4.99 Å². The number of hydrogen-bond donors (Lipinski definition) is 2. The Morgan fingerprint density at radius 3 is 2.73 bits per heavy atom. The first-order valence-corrected chi connectivity index (χ1v) is 8.34. The Kier molecular flexibility index (Phi) is 8.75. The number of aliphatic imine (C=N–C) groups is 1. The summed E-state index contributed by atoms with van der Waals surface area (Å²) in [6.45, 7) is 8.35. The van der Waals surface area contributed by atoms with Gasteiger partial charge in [0.1, 0.15) is 0 Å². The van der Waals surface area contributed by atoms with Crippen LogP contribution in [0.5, 0.6) is 0 Å². The van der Waals surface area contributed by atoms with E-state index >= 15 is 0 Å². The SMILES string of the molecule is CCOC(CCN(C)C)CNC(=NC)NCC1(C)CCCO1. The smallest absolute Gasteiger partial charge is 0.191 e. The molecular formula is C16H34N4O2. The maximum atomic E-state index is 5.79. The van der Waals surface area contributed by atoms with Crippen molar-refractivity contribution in [1.29, 1.82) is 0 Å². The van der Waals surface area contributed by atoms with Gasteiger partial charge in [0.2, 0.25) is 0 Å². The first-order chi connectivity index (χ1) is 10.5. The number of guanidine groups is 1. The second-order valence-electron chi connectivity index (χ2n) is 6.38. The van der Waals surface area contributed by atoms with E-state index in [9.17, 15) is 0 Å². The molecule has 2 N–H and O–H groups in total. The van der Waals surface area contributed by atoms with E-state index in [2.05, 4.69) is 41.5 Å². The lowest BCUT2D eigenvalue weighted by atomic mass is 10.0. The lowest BCUT2D eigenvalue weighted by Crippen LogP contribution is -2.47. The summed E-state index contributed by atoms with van der Waals surface area (Å²) in [5, 5.41) is 6.72. The van der Waals surface area contributed by atoms with Crippen molar-refractivity contribution < 1.29 is 9.47 Å². The van der Waals surface area contributed by atoms with E-state index in [1.807, 2.05) is 6.92 Å². The summed E-state index contributed by atoms with van der Waals surface area (Å²) >= 11 is 0. The van der Waals surface area contributed by atoms with Crippen molar-refractivity contribution >= 4 is 5.96 Å². The molecule has 1 fully saturated rings.